The first-order valence-electron chi connectivity index (χ1n) is 3.90. The van der Waals surface area contributed by atoms with Gasteiger partial charge in [-0.2, -0.15) is 8.42 Å². The van der Waals surface area contributed by atoms with E-state index in [-0.39, 0.29) is 13.0 Å². The van der Waals surface area contributed by atoms with Crippen LogP contribution in [0.1, 0.15) is 26.2 Å². The lowest BCUT2D eigenvalue weighted by molar-refractivity contribution is -0.112. The molecule has 0 aromatic rings. The van der Waals surface area contributed by atoms with Crippen molar-refractivity contribution in [2.24, 2.45) is 0 Å². The Morgan fingerprint density at radius 1 is 1.54 bits per heavy atom. The number of hydrogen-bond acceptors (Lipinski definition) is 4. The van der Waals surface area contributed by atoms with Crippen molar-refractivity contribution in [1.29, 1.82) is 0 Å². The van der Waals surface area contributed by atoms with Gasteiger partial charge in [0.1, 0.15) is 6.61 Å². The summed E-state index contributed by atoms with van der Waals surface area (Å²) in [7, 11) is -4.08. The third kappa shape index (κ3) is 4.65. The molecular formula is C8H12O4S. The highest BCUT2D eigenvalue weighted by atomic mass is 32.2. The third-order valence-electron chi connectivity index (χ3n) is 1.31. The van der Waals surface area contributed by atoms with Crippen LogP contribution in [0.2, 0.25) is 0 Å². The summed E-state index contributed by atoms with van der Waals surface area (Å²) in [6, 6.07) is 0. The molecule has 0 aliphatic rings. The Labute approximate surface area is 78.4 Å². The van der Waals surface area contributed by atoms with Gasteiger partial charge in [-0.25, -0.2) is 0 Å². The van der Waals surface area contributed by atoms with Gasteiger partial charge in [0, 0.05) is 6.42 Å². The maximum atomic E-state index is 10.9. The van der Waals surface area contributed by atoms with E-state index in [4.69, 9.17) is 6.42 Å². The normalized spacial score (nSPS) is 10.8. The van der Waals surface area contributed by atoms with Crippen molar-refractivity contribution in [3.8, 4) is 12.3 Å². The van der Waals surface area contributed by atoms with Crippen molar-refractivity contribution < 1.29 is 17.4 Å². The fourth-order valence-corrected chi connectivity index (χ4v) is 1.37. The summed E-state index contributed by atoms with van der Waals surface area (Å²) in [5, 5.41) is -0.899. The molecule has 0 aromatic heterocycles. The van der Waals surface area contributed by atoms with Gasteiger partial charge in [0.2, 0.25) is 0 Å². The molecule has 74 valence electrons. The van der Waals surface area contributed by atoms with Crippen LogP contribution in [-0.4, -0.2) is 20.1 Å². The zero-order valence-electron chi connectivity index (χ0n) is 7.45. The molecule has 13 heavy (non-hydrogen) atoms. The van der Waals surface area contributed by atoms with Gasteiger partial charge in [-0.15, -0.1) is 6.42 Å². The van der Waals surface area contributed by atoms with E-state index in [1.165, 1.54) is 0 Å². The number of rotatable bonds is 5. The molecule has 5 heteroatoms. The lowest BCUT2D eigenvalue weighted by atomic mass is 10.3. The SMILES string of the molecule is C#CCOS(=O)(=O)C(=O)CCCC. The van der Waals surface area contributed by atoms with Crippen LogP contribution < -0.4 is 0 Å². The zero-order chi connectivity index (χ0) is 10.3. The Balaban J connectivity index is 4.14. The molecule has 0 aliphatic carbocycles. The first-order chi connectivity index (χ1) is 6.04. The molecule has 0 aromatic carbocycles. The molecule has 0 amide bonds. The molecule has 0 bridgehead atoms. The zero-order valence-corrected chi connectivity index (χ0v) is 8.26. The average molecular weight is 204 g/mol. The molecule has 0 unspecified atom stereocenters. The number of terminal acetylenes is 1. The summed E-state index contributed by atoms with van der Waals surface area (Å²) in [4.78, 5) is 10.9. The van der Waals surface area contributed by atoms with Crippen molar-refractivity contribution >= 4 is 15.2 Å². The van der Waals surface area contributed by atoms with Crippen molar-refractivity contribution in [2.75, 3.05) is 6.61 Å². The maximum absolute atomic E-state index is 10.9. The van der Waals surface area contributed by atoms with Gasteiger partial charge < -0.3 is 0 Å². The molecule has 0 spiro atoms. The molecular weight excluding hydrogens is 192 g/mol. The lowest BCUT2D eigenvalue weighted by Crippen LogP contribution is -2.17. The fourth-order valence-electron chi connectivity index (χ4n) is 0.623. The summed E-state index contributed by atoms with van der Waals surface area (Å²) in [5.74, 6) is 1.98. The van der Waals surface area contributed by atoms with Gasteiger partial charge in [0.25, 0.3) is 5.12 Å². The topological polar surface area (TPSA) is 60.4 Å². The molecule has 4 nitrogen and oxygen atoms in total. The molecule has 0 saturated carbocycles. The van der Waals surface area contributed by atoms with Gasteiger partial charge in [-0.05, 0) is 6.42 Å². The van der Waals surface area contributed by atoms with Crippen LogP contribution in [0.4, 0.5) is 0 Å². The molecule has 0 heterocycles. The Morgan fingerprint density at radius 3 is 2.62 bits per heavy atom. The summed E-state index contributed by atoms with van der Waals surface area (Å²) in [5.41, 5.74) is 0. The van der Waals surface area contributed by atoms with Gasteiger partial charge in [0.15, 0.2) is 0 Å². The second-order valence-corrected chi connectivity index (χ2v) is 4.00. The first-order valence-corrected chi connectivity index (χ1v) is 5.31. The molecule has 0 saturated heterocycles. The van der Waals surface area contributed by atoms with E-state index in [2.05, 4.69) is 4.18 Å². The van der Waals surface area contributed by atoms with Crippen LogP contribution in [0.5, 0.6) is 0 Å². The van der Waals surface area contributed by atoms with Gasteiger partial charge in [0.05, 0.1) is 0 Å². The predicted octanol–water partition coefficient (Wildman–Crippen LogP) is 0.683. The van der Waals surface area contributed by atoms with E-state index < -0.39 is 15.2 Å². The van der Waals surface area contributed by atoms with E-state index in [1.54, 1.807) is 0 Å². The van der Waals surface area contributed by atoms with Crippen LogP contribution in [-0.2, 0) is 19.1 Å². The van der Waals surface area contributed by atoms with E-state index in [0.717, 1.165) is 6.42 Å². The highest BCUT2D eigenvalue weighted by Gasteiger charge is 2.21. The highest BCUT2D eigenvalue weighted by molar-refractivity contribution is 8.02. The second-order valence-electron chi connectivity index (χ2n) is 2.40. The minimum Gasteiger partial charge on any atom is -0.279 e. The molecule has 0 rings (SSSR count). The van der Waals surface area contributed by atoms with Crippen LogP contribution in [0, 0.1) is 12.3 Å². The van der Waals surface area contributed by atoms with E-state index in [1.807, 2.05) is 12.8 Å². The van der Waals surface area contributed by atoms with Crippen LogP contribution in [0.3, 0.4) is 0 Å². The van der Waals surface area contributed by atoms with E-state index in [9.17, 15) is 13.2 Å². The Morgan fingerprint density at radius 2 is 2.15 bits per heavy atom. The monoisotopic (exact) mass is 204 g/mol. The standard InChI is InChI=1S/C8H12O4S/c1-3-5-6-8(9)13(10,11)12-7-4-2/h2H,3,5-7H2,1H3. The molecule has 0 atom stereocenters. The number of carbonyl (C=O) groups excluding carboxylic acids is 1. The smallest absolute Gasteiger partial charge is 0.279 e. The Hall–Kier alpha value is -0.860. The van der Waals surface area contributed by atoms with Crippen molar-refractivity contribution in [3.63, 3.8) is 0 Å². The summed E-state index contributed by atoms with van der Waals surface area (Å²) in [6.45, 7) is 1.47. The third-order valence-corrected chi connectivity index (χ3v) is 2.50. The van der Waals surface area contributed by atoms with E-state index in [0.29, 0.717) is 6.42 Å². The fraction of sp³-hybridized carbons (Fsp3) is 0.625. The Bertz CT molecular complexity index is 297. The average Bonchev–Trinajstić information content (AvgIpc) is 2.10. The number of hydrogen-bond donors (Lipinski definition) is 0. The summed E-state index contributed by atoms with van der Waals surface area (Å²) < 4.78 is 26.1. The molecule has 0 N–H and O–H groups in total. The van der Waals surface area contributed by atoms with Gasteiger partial charge >= 0.3 is 10.1 Å². The minimum atomic E-state index is -4.08. The minimum absolute atomic E-state index is 0.0105. The maximum Gasteiger partial charge on any atom is 0.332 e. The number of carbonyl (C=O) groups is 1. The Kier molecular flexibility index (Phi) is 5.35. The highest BCUT2D eigenvalue weighted by Crippen LogP contribution is 2.03. The van der Waals surface area contributed by atoms with Crippen molar-refractivity contribution in [1.82, 2.24) is 0 Å². The predicted molar refractivity (Wildman–Crippen MR) is 48.2 cm³/mol. The summed E-state index contributed by atoms with van der Waals surface area (Å²) >= 11 is 0. The summed E-state index contributed by atoms with van der Waals surface area (Å²) in [6.07, 6.45) is 6.07. The number of unbranched alkanes of at least 4 members (excludes halogenated alkanes) is 1. The largest absolute Gasteiger partial charge is 0.332 e. The van der Waals surface area contributed by atoms with Gasteiger partial charge in [-0.3, -0.25) is 8.98 Å². The molecule has 0 radical (unpaired) electrons. The molecule has 0 aliphatic heterocycles. The van der Waals surface area contributed by atoms with Crippen molar-refractivity contribution in [2.45, 2.75) is 26.2 Å². The van der Waals surface area contributed by atoms with Crippen LogP contribution >= 0.6 is 0 Å². The lowest BCUT2D eigenvalue weighted by Gasteiger charge is -1.99. The molecule has 0 fully saturated rings. The van der Waals surface area contributed by atoms with E-state index >= 15 is 0 Å². The van der Waals surface area contributed by atoms with Crippen molar-refractivity contribution in [3.05, 3.63) is 0 Å². The second kappa shape index (κ2) is 5.73. The quantitative estimate of drug-likeness (QED) is 0.488. The van der Waals surface area contributed by atoms with Crippen LogP contribution in [0.15, 0.2) is 0 Å². The first kappa shape index (κ1) is 12.1. The van der Waals surface area contributed by atoms with Crippen LogP contribution in [0.25, 0.3) is 0 Å². The van der Waals surface area contributed by atoms with Gasteiger partial charge in [-0.1, -0.05) is 19.3 Å².